The Hall–Kier alpha value is -1.02. The first-order valence-corrected chi connectivity index (χ1v) is 6.29. The van der Waals surface area contributed by atoms with E-state index in [1.54, 1.807) is 0 Å². The van der Waals surface area contributed by atoms with Gasteiger partial charge in [0.05, 0.1) is 6.61 Å². The minimum Gasteiger partial charge on any atom is -0.494 e. The predicted octanol–water partition coefficient (Wildman–Crippen LogP) is 2.94. The van der Waals surface area contributed by atoms with E-state index in [2.05, 4.69) is 30.4 Å². The largest absolute Gasteiger partial charge is 0.494 e. The Bertz CT molecular complexity index is 331. The van der Waals surface area contributed by atoms with Crippen LogP contribution in [0.2, 0.25) is 0 Å². The summed E-state index contributed by atoms with van der Waals surface area (Å²) in [6.45, 7) is 6.02. The zero-order chi connectivity index (χ0) is 11.4. The molecular formula is C14H21NO. The number of benzene rings is 1. The molecule has 1 aliphatic rings. The van der Waals surface area contributed by atoms with Crippen LogP contribution in [0.15, 0.2) is 24.3 Å². The highest BCUT2D eigenvalue weighted by Gasteiger charge is 2.29. The minimum atomic E-state index is 0.726. The van der Waals surface area contributed by atoms with Crippen molar-refractivity contribution in [3.8, 4) is 5.75 Å². The highest BCUT2D eigenvalue weighted by molar-refractivity contribution is 5.32. The first-order chi connectivity index (χ1) is 7.83. The van der Waals surface area contributed by atoms with Crippen LogP contribution in [0.1, 0.15) is 38.2 Å². The average Bonchev–Trinajstić information content (AvgIpc) is 2.24. The van der Waals surface area contributed by atoms with Crippen molar-refractivity contribution >= 4 is 0 Å². The maximum atomic E-state index is 5.52. The van der Waals surface area contributed by atoms with Gasteiger partial charge in [0.1, 0.15) is 5.75 Å². The minimum absolute atomic E-state index is 0.726. The van der Waals surface area contributed by atoms with Crippen molar-refractivity contribution in [2.75, 3.05) is 13.2 Å². The summed E-state index contributed by atoms with van der Waals surface area (Å²) in [6, 6.07) is 9.27. The summed E-state index contributed by atoms with van der Waals surface area (Å²) in [5.74, 6) is 1.73. The maximum Gasteiger partial charge on any atom is 0.119 e. The number of rotatable bonds is 5. The standard InChI is InChI=1S/C14H21NO/c1-3-15-13-8-12(9-13)11-6-5-7-14(10-11)16-4-2/h5-7,10,12-13,15H,3-4,8-9H2,1-2H3. The van der Waals surface area contributed by atoms with Crippen LogP contribution in [0.5, 0.6) is 5.75 Å². The summed E-state index contributed by atoms with van der Waals surface area (Å²) < 4.78 is 5.52. The van der Waals surface area contributed by atoms with Crippen LogP contribution in [0.4, 0.5) is 0 Å². The second-order valence-corrected chi connectivity index (χ2v) is 4.43. The maximum absolute atomic E-state index is 5.52. The summed E-state index contributed by atoms with van der Waals surface area (Å²) in [5, 5.41) is 3.49. The molecule has 0 aliphatic heterocycles. The number of nitrogens with one attached hydrogen (secondary N) is 1. The van der Waals surface area contributed by atoms with Crippen molar-refractivity contribution in [2.24, 2.45) is 0 Å². The van der Waals surface area contributed by atoms with E-state index >= 15 is 0 Å². The molecule has 2 nitrogen and oxygen atoms in total. The molecular weight excluding hydrogens is 198 g/mol. The Kier molecular flexibility index (Phi) is 3.83. The molecule has 0 bridgehead atoms. The molecule has 0 atom stereocenters. The summed E-state index contributed by atoms with van der Waals surface area (Å²) >= 11 is 0. The summed E-state index contributed by atoms with van der Waals surface area (Å²) in [6.07, 6.45) is 2.53. The van der Waals surface area contributed by atoms with Gasteiger partial charge in [0, 0.05) is 6.04 Å². The molecule has 0 amide bonds. The van der Waals surface area contributed by atoms with Crippen molar-refractivity contribution in [2.45, 2.75) is 38.6 Å². The quantitative estimate of drug-likeness (QED) is 0.822. The van der Waals surface area contributed by atoms with Gasteiger partial charge in [-0.3, -0.25) is 0 Å². The second kappa shape index (κ2) is 5.35. The van der Waals surface area contributed by atoms with E-state index in [1.165, 1.54) is 18.4 Å². The zero-order valence-electron chi connectivity index (χ0n) is 10.2. The first-order valence-electron chi connectivity index (χ1n) is 6.29. The fourth-order valence-electron chi connectivity index (χ4n) is 2.37. The molecule has 2 heteroatoms. The monoisotopic (exact) mass is 219 g/mol. The first kappa shape index (κ1) is 11.5. The van der Waals surface area contributed by atoms with Gasteiger partial charge in [-0.05, 0) is 49.9 Å². The van der Waals surface area contributed by atoms with Crippen LogP contribution in [0, 0.1) is 0 Å². The lowest BCUT2D eigenvalue weighted by molar-refractivity contribution is 0.294. The highest BCUT2D eigenvalue weighted by atomic mass is 16.5. The number of ether oxygens (including phenoxy) is 1. The lowest BCUT2D eigenvalue weighted by Crippen LogP contribution is -2.39. The van der Waals surface area contributed by atoms with Crippen molar-refractivity contribution in [3.05, 3.63) is 29.8 Å². The third kappa shape index (κ3) is 2.56. The van der Waals surface area contributed by atoms with Gasteiger partial charge in [-0.1, -0.05) is 19.1 Å². The molecule has 0 unspecified atom stereocenters. The molecule has 0 saturated heterocycles. The van der Waals surface area contributed by atoms with Gasteiger partial charge in [-0.25, -0.2) is 0 Å². The van der Waals surface area contributed by atoms with Gasteiger partial charge in [0.2, 0.25) is 0 Å². The Labute approximate surface area is 98.0 Å². The van der Waals surface area contributed by atoms with Crippen molar-refractivity contribution in [1.29, 1.82) is 0 Å². The lowest BCUT2D eigenvalue weighted by atomic mass is 9.76. The third-order valence-electron chi connectivity index (χ3n) is 3.27. The van der Waals surface area contributed by atoms with Crippen LogP contribution in [0.25, 0.3) is 0 Å². The Balaban J connectivity index is 1.92. The molecule has 88 valence electrons. The average molecular weight is 219 g/mol. The molecule has 0 spiro atoms. The molecule has 1 aromatic carbocycles. The van der Waals surface area contributed by atoms with E-state index in [0.29, 0.717) is 0 Å². The van der Waals surface area contributed by atoms with E-state index in [4.69, 9.17) is 4.74 Å². The number of hydrogen-bond acceptors (Lipinski definition) is 2. The van der Waals surface area contributed by atoms with Gasteiger partial charge in [0.15, 0.2) is 0 Å². The molecule has 1 saturated carbocycles. The summed E-state index contributed by atoms with van der Waals surface area (Å²) in [7, 11) is 0. The van der Waals surface area contributed by atoms with E-state index in [0.717, 1.165) is 30.9 Å². The molecule has 0 radical (unpaired) electrons. The van der Waals surface area contributed by atoms with Gasteiger partial charge in [0.25, 0.3) is 0 Å². The molecule has 1 aliphatic carbocycles. The molecule has 1 N–H and O–H groups in total. The predicted molar refractivity (Wildman–Crippen MR) is 67.1 cm³/mol. The fraction of sp³-hybridized carbons (Fsp3) is 0.571. The van der Waals surface area contributed by atoms with Crippen LogP contribution >= 0.6 is 0 Å². The zero-order valence-corrected chi connectivity index (χ0v) is 10.2. The molecule has 1 fully saturated rings. The van der Waals surface area contributed by atoms with Crippen molar-refractivity contribution < 1.29 is 4.74 Å². The Morgan fingerprint density at radius 2 is 2.12 bits per heavy atom. The van der Waals surface area contributed by atoms with Gasteiger partial charge < -0.3 is 10.1 Å². The van der Waals surface area contributed by atoms with E-state index in [1.807, 2.05) is 13.0 Å². The SMILES string of the molecule is CCNC1CC(c2cccc(OCC)c2)C1. The van der Waals surface area contributed by atoms with Crippen LogP contribution in [-0.2, 0) is 0 Å². The third-order valence-corrected chi connectivity index (χ3v) is 3.27. The van der Waals surface area contributed by atoms with E-state index < -0.39 is 0 Å². The van der Waals surface area contributed by atoms with Crippen LogP contribution in [0.3, 0.4) is 0 Å². The Morgan fingerprint density at radius 3 is 2.81 bits per heavy atom. The molecule has 0 heterocycles. The smallest absolute Gasteiger partial charge is 0.119 e. The summed E-state index contributed by atoms with van der Waals surface area (Å²) in [4.78, 5) is 0. The molecule has 0 aromatic heterocycles. The van der Waals surface area contributed by atoms with Crippen LogP contribution in [-0.4, -0.2) is 19.2 Å². The number of hydrogen-bond donors (Lipinski definition) is 1. The van der Waals surface area contributed by atoms with E-state index in [-0.39, 0.29) is 0 Å². The molecule has 2 rings (SSSR count). The second-order valence-electron chi connectivity index (χ2n) is 4.43. The van der Waals surface area contributed by atoms with Gasteiger partial charge >= 0.3 is 0 Å². The fourth-order valence-corrected chi connectivity index (χ4v) is 2.37. The van der Waals surface area contributed by atoms with E-state index in [9.17, 15) is 0 Å². The van der Waals surface area contributed by atoms with Crippen molar-refractivity contribution in [1.82, 2.24) is 5.32 Å². The normalized spacial score (nSPS) is 23.9. The Morgan fingerprint density at radius 1 is 1.31 bits per heavy atom. The highest BCUT2D eigenvalue weighted by Crippen LogP contribution is 2.37. The van der Waals surface area contributed by atoms with Crippen LogP contribution < -0.4 is 10.1 Å². The molecule has 16 heavy (non-hydrogen) atoms. The lowest BCUT2D eigenvalue weighted by Gasteiger charge is -2.36. The van der Waals surface area contributed by atoms with Gasteiger partial charge in [-0.15, -0.1) is 0 Å². The van der Waals surface area contributed by atoms with Crippen molar-refractivity contribution in [3.63, 3.8) is 0 Å². The molecule has 1 aromatic rings. The van der Waals surface area contributed by atoms with Gasteiger partial charge in [-0.2, -0.15) is 0 Å². The topological polar surface area (TPSA) is 21.3 Å². The summed E-state index contributed by atoms with van der Waals surface area (Å²) in [5.41, 5.74) is 1.43.